The number of fused-ring (bicyclic) bond motifs is 1. The van der Waals surface area contributed by atoms with Crippen LogP contribution in [-0.2, 0) is 13.0 Å². The first-order valence-electron chi connectivity index (χ1n) is 9.14. The van der Waals surface area contributed by atoms with E-state index in [2.05, 4.69) is 49.9 Å². The Balaban J connectivity index is 1.63. The second-order valence-corrected chi connectivity index (χ2v) is 7.21. The van der Waals surface area contributed by atoms with E-state index in [4.69, 9.17) is 16.3 Å². The topological polar surface area (TPSA) is 95.4 Å². The maximum atomic E-state index is 9.96. The van der Waals surface area contributed by atoms with Gasteiger partial charge < -0.3 is 25.4 Å². The molecular weight excluding hydrogens is 392 g/mol. The molecule has 0 saturated carbocycles. The summed E-state index contributed by atoms with van der Waals surface area (Å²) in [5.41, 5.74) is 3.73. The normalized spacial score (nSPS) is 13.6. The molecule has 8 nitrogen and oxygen atoms in total. The predicted octanol–water partition coefficient (Wildman–Crippen LogP) is 3.71. The van der Waals surface area contributed by atoms with Crippen molar-refractivity contribution in [1.29, 1.82) is 0 Å². The van der Waals surface area contributed by atoms with Gasteiger partial charge in [-0.2, -0.15) is 4.98 Å². The highest BCUT2D eigenvalue weighted by Gasteiger charge is 2.18. The van der Waals surface area contributed by atoms with Gasteiger partial charge in [0.1, 0.15) is 11.5 Å². The van der Waals surface area contributed by atoms with Crippen LogP contribution in [0.4, 0.5) is 23.1 Å². The van der Waals surface area contributed by atoms with E-state index in [0.29, 0.717) is 11.4 Å². The number of nitrogens with one attached hydrogen (secondary N) is 2. The molecule has 0 bridgehead atoms. The number of ether oxygens (including phenoxy) is 1. The summed E-state index contributed by atoms with van der Waals surface area (Å²) in [7, 11) is 3.73. The van der Waals surface area contributed by atoms with Crippen LogP contribution in [0.2, 0.25) is 5.15 Å². The summed E-state index contributed by atoms with van der Waals surface area (Å²) in [4.78, 5) is 6.67. The summed E-state index contributed by atoms with van der Waals surface area (Å²) in [5, 5.41) is 24.2. The number of aromatic hydroxyl groups is 1. The largest absolute Gasteiger partial charge is 0.506 e. The zero-order valence-corrected chi connectivity index (χ0v) is 16.9. The van der Waals surface area contributed by atoms with Crippen molar-refractivity contribution in [2.45, 2.75) is 13.0 Å². The fourth-order valence-electron chi connectivity index (χ4n) is 3.27. The third-order valence-corrected chi connectivity index (χ3v) is 5.03. The van der Waals surface area contributed by atoms with Crippen LogP contribution in [0.1, 0.15) is 11.1 Å². The molecule has 3 aromatic rings. The molecule has 29 heavy (non-hydrogen) atoms. The monoisotopic (exact) mass is 412 g/mol. The molecular formula is C20H21ClN6O2. The van der Waals surface area contributed by atoms with Gasteiger partial charge in [-0.3, -0.25) is 0 Å². The average Bonchev–Trinajstić information content (AvgIpc) is 2.71. The van der Waals surface area contributed by atoms with E-state index < -0.39 is 0 Å². The molecule has 0 spiro atoms. The molecule has 0 unspecified atom stereocenters. The van der Waals surface area contributed by atoms with Crippen molar-refractivity contribution < 1.29 is 9.84 Å². The summed E-state index contributed by atoms with van der Waals surface area (Å²) >= 11 is 6.13. The van der Waals surface area contributed by atoms with Gasteiger partial charge >= 0.3 is 0 Å². The van der Waals surface area contributed by atoms with Gasteiger partial charge in [0.15, 0.2) is 11.0 Å². The summed E-state index contributed by atoms with van der Waals surface area (Å²) in [5.74, 6) is 1.33. The molecule has 0 saturated heterocycles. The number of methoxy groups -OCH3 is 1. The Hall–Kier alpha value is -3.10. The Morgan fingerprint density at radius 1 is 1.10 bits per heavy atom. The molecule has 1 aliphatic rings. The number of phenolic OH excluding ortho intramolecular Hbond substituents is 1. The zero-order chi connectivity index (χ0) is 20.4. The highest BCUT2D eigenvalue weighted by atomic mass is 35.5. The van der Waals surface area contributed by atoms with E-state index in [0.717, 1.165) is 25.2 Å². The number of anilines is 4. The van der Waals surface area contributed by atoms with Gasteiger partial charge in [-0.25, -0.2) is 0 Å². The Morgan fingerprint density at radius 3 is 2.72 bits per heavy atom. The summed E-state index contributed by atoms with van der Waals surface area (Å²) < 4.78 is 5.55. The molecule has 0 fully saturated rings. The lowest BCUT2D eigenvalue weighted by atomic mass is 9.99. The Morgan fingerprint density at radius 2 is 1.93 bits per heavy atom. The molecule has 0 radical (unpaired) electrons. The van der Waals surface area contributed by atoms with E-state index in [-0.39, 0.29) is 22.7 Å². The van der Waals surface area contributed by atoms with Crippen molar-refractivity contribution in [2.24, 2.45) is 0 Å². The number of benzene rings is 2. The molecule has 1 aromatic heterocycles. The molecule has 2 heterocycles. The molecule has 9 heteroatoms. The number of hydrogen-bond acceptors (Lipinski definition) is 8. The number of halogens is 1. The van der Waals surface area contributed by atoms with Crippen molar-refractivity contribution in [1.82, 2.24) is 20.1 Å². The highest BCUT2D eigenvalue weighted by molar-refractivity contribution is 6.31. The number of rotatable bonds is 5. The first kappa shape index (κ1) is 19.2. The minimum absolute atomic E-state index is 0.0807. The van der Waals surface area contributed by atoms with Crippen LogP contribution in [0.3, 0.4) is 0 Å². The van der Waals surface area contributed by atoms with E-state index in [1.165, 1.54) is 11.1 Å². The number of aromatic nitrogens is 3. The van der Waals surface area contributed by atoms with Crippen molar-refractivity contribution in [3.8, 4) is 11.5 Å². The minimum Gasteiger partial charge on any atom is -0.506 e. The third kappa shape index (κ3) is 4.18. The molecule has 150 valence electrons. The quantitative estimate of drug-likeness (QED) is 0.546. The first-order valence-corrected chi connectivity index (χ1v) is 9.52. The van der Waals surface area contributed by atoms with E-state index in [1.54, 1.807) is 31.4 Å². The van der Waals surface area contributed by atoms with Crippen LogP contribution in [-0.4, -0.2) is 45.9 Å². The fourth-order valence-corrected chi connectivity index (χ4v) is 3.39. The fraction of sp³-hybridized carbons (Fsp3) is 0.250. The Bertz CT molecular complexity index is 1050. The first-order chi connectivity index (χ1) is 14.0. The zero-order valence-electron chi connectivity index (χ0n) is 16.1. The molecule has 0 aliphatic carbocycles. The van der Waals surface area contributed by atoms with Crippen molar-refractivity contribution in [3.63, 3.8) is 0 Å². The maximum Gasteiger partial charge on any atom is 0.249 e. The lowest BCUT2D eigenvalue weighted by molar-refractivity contribution is 0.312. The summed E-state index contributed by atoms with van der Waals surface area (Å²) in [6, 6.07) is 10.9. The van der Waals surface area contributed by atoms with Gasteiger partial charge in [-0.05, 0) is 48.9 Å². The average molecular weight is 413 g/mol. The number of hydrogen-bond donors (Lipinski definition) is 3. The van der Waals surface area contributed by atoms with Crippen LogP contribution in [0.15, 0.2) is 36.4 Å². The summed E-state index contributed by atoms with van der Waals surface area (Å²) in [6.07, 6.45) is 0.982. The van der Waals surface area contributed by atoms with Gasteiger partial charge in [0.2, 0.25) is 5.95 Å². The molecule has 0 amide bonds. The van der Waals surface area contributed by atoms with Gasteiger partial charge in [0, 0.05) is 13.1 Å². The second kappa shape index (κ2) is 8.10. The van der Waals surface area contributed by atoms with Gasteiger partial charge in [0.25, 0.3) is 0 Å². The lowest BCUT2D eigenvalue weighted by Gasteiger charge is -2.26. The van der Waals surface area contributed by atoms with Crippen LogP contribution in [0.5, 0.6) is 11.5 Å². The van der Waals surface area contributed by atoms with Gasteiger partial charge in [0.05, 0.1) is 18.5 Å². The molecule has 0 atom stereocenters. The van der Waals surface area contributed by atoms with Crippen molar-refractivity contribution in [3.05, 3.63) is 52.7 Å². The smallest absolute Gasteiger partial charge is 0.249 e. The molecule has 3 N–H and O–H groups in total. The standard InChI is InChI=1S/C20H21ClN6O2/c1-27-8-7-12-10-17(29-2)15(9-13(12)11-27)23-20-24-19(18(21)25-26-20)22-14-5-3-4-6-16(14)28/h3-6,9-10,28H,7-8,11H2,1-2H3,(H2,22,23,24,26). The number of nitrogens with zero attached hydrogens (tertiary/aromatic N) is 4. The van der Waals surface area contributed by atoms with E-state index in [1.807, 2.05) is 0 Å². The molecule has 1 aliphatic heterocycles. The second-order valence-electron chi connectivity index (χ2n) is 6.85. The third-order valence-electron chi connectivity index (χ3n) is 4.77. The van der Waals surface area contributed by atoms with Crippen LogP contribution in [0.25, 0.3) is 0 Å². The lowest BCUT2D eigenvalue weighted by Crippen LogP contribution is -2.26. The van der Waals surface area contributed by atoms with Crippen molar-refractivity contribution in [2.75, 3.05) is 31.3 Å². The predicted molar refractivity (Wildman–Crippen MR) is 113 cm³/mol. The van der Waals surface area contributed by atoms with E-state index >= 15 is 0 Å². The minimum atomic E-state index is 0.0807. The number of para-hydroxylation sites is 2. The van der Waals surface area contributed by atoms with Crippen LogP contribution in [0, 0.1) is 0 Å². The van der Waals surface area contributed by atoms with Crippen molar-refractivity contribution >= 4 is 34.7 Å². The van der Waals surface area contributed by atoms with Gasteiger partial charge in [-0.15, -0.1) is 10.2 Å². The number of phenols is 1. The SMILES string of the molecule is COc1cc2c(cc1Nc1nnc(Cl)c(Nc3ccccc3O)n1)CN(C)CC2. The van der Waals surface area contributed by atoms with Crippen LogP contribution < -0.4 is 15.4 Å². The van der Waals surface area contributed by atoms with E-state index in [9.17, 15) is 5.11 Å². The van der Waals surface area contributed by atoms with Gasteiger partial charge in [-0.1, -0.05) is 23.7 Å². The molecule has 2 aromatic carbocycles. The number of likely N-dealkylation sites (N-methyl/N-ethyl adjacent to an activating group) is 1. The Kier molecular flexibility index (Phi) is 5.37. The molecule has 4 rings (SSSR count). The van der Waals surface area contributed by atoms with Crippen LogP contribution >= 0.6 is 11.6 Å². The summed E-state index contributed by atoms with van der Waals surface area (Å²) in [6.45, 7) is 1.89. The highest BCUT2D eigenvalue weighted by Crippen LogP contribution is 2.34. The maximum absolute atomic E-state index is 9.96. The Labute approximate surface area is 173 Å².